The SMILES string of the molecule is O=S(=O)(c1ccc(N2CCN(c3ccccc3O)CC2)nc1)N1CCCC1. The molecule has 2 aromatic rings. The predicted molar refractivity (Wildman–Crippen MR) is 105 cm³/mol. The Morgan fingerprint density at radius 3 is 2.15 bits per heavy atom. The van der Waals surface area contributed by atoms with E-state index in [0.717, 1.165) is 50.5 Å². The average Bonchev–Trinajstić information content (AvgIpc) is 3.24. The van der Waals surface area contributed by atoms with E-state index in [2.05, 4.69) is 14.8 Å². The Bertz CT molecular complexity index is 887. The molecule has 0 aliphatic carbocycles. The van der Waals surface area contributed by atoms with Crippen molar-refractivity contribution in [3.05, 3.63) is 42.6 Å². The Hall–Kier alpha value is -2.32. The van der Waals surface area contributed by atoms with Crippen molar-refractivity contribution >= 4 is 21.5 Å². The quantitative estimate of drug-likeness (QED) is 0.862. The number of aromatic nitrogens is 1. The summed E-state index contributed by atoms with van der Waals surface area (Å²) in [7, 11) is -3.42. The van der Waals surface area contributed by atoms with Gasteiger partial charge in [-0.3, -0.25) is 0 Å². The molecule has 27 heavy (non-hydrogen) atoms. The van der Waals surface area contributed by atoms with E-state index >= 15 is 0 Å². The summed E-state index contributed by atoms with van der Waals surface area (Å²) in [6.07, 6.45) is 3.32. The minimum Gasteiger partial charge on any atom is -0.506 e. The number of pyridine rings is 1. The monoisotopic (exact) mass is 388 g/mol. The first-order valence-electron chi connectivity index (χ1n) is 9.30. The molecular weight excluding hydrogens is 364 g/mol. The van der Waals surface area contributed by atoms with Crippen LogP contribution in [-0.4, -0.2) is 62.1 Å². The summed E-state index contributed by atoms with van der Waals surface area (Å²) in [5.74, 6) is 1.08. The fourth-order valence-electron chi connectivity index (χ4n) is 3.70. The van der Waals surface area contributed by atoms with E-state index in [0.29, 0.717) is 18.8 Å². The number of aromatic hydroxyl groups is 1. The first-order valence-corrected chi connectivity index (χ1v) is 10.7. The molecule has 4 rings (SSSR count). The van der Waals surface area contributed by atoms with Crippen molar-refractivity contribution in [1.82, 2.24) is 9.29 Å². The summed E-state index contributed by atoms with van der Waals surface area (Å²) >= 11 is 0. The van der Waals surface area contributed by atoms with Crippen LogP contribution in [0.5, 0.6) is 5.75 Å². The van der Waals surface area contributed by atoms with Crippen molar-refractivity contribution in [2.75, 3.05) is 49.1 Å². The molecule has 2 aliphatic rings. The number of hydrogen-bond donors (Lipinski definition) is 1. The van der Waals surface area contributed by atoms with Crippen LogP contribution in [0.1, 0.15) is 12.8 Å². The van der Waals surface area contributed by atoms with Gasteiger partial charge in [-0.2, -0.15) is 4.31 Å². The van der Waals surface area contributed by atoms with E-state index in [-0.39, 0.29) is 4.90 Å². The lowest BCUT2D eigenvalue weighted by atomic mass is 10.2. The van der Waals surface area contributed by atoms with Gasteiger partial charge < -0.3 is 14.9 Å². The van der Waals surface area contributed by atoms with Crippen LogP contribution in [0, 0.1) is 0 Å². The van der Waals surface area contributed by atoms with E-state index in [4.69, 9.17) is 0 Å². The molecule has 3 heterocycles. The van der Waals surface area contributed by atoms with Crippen molar-refractivity contribution in [2.45, 2.75) is 17.7 Å². The van der Waals surface area contributed by atoms with Gasteiger partial charge in [-0.25, -0.2) is 13.4 Å². The minimum atomic E-state index is -3.42. The standard InChI is InChI=1S/C19H24N4O3S/c24-18-6-2-1-5-17(18)21-11-13-22(14-12-21)19-8-7-16(15-20-19)27(25,26)23-9-3-4-10-23/h1-2,5-8,15,24H,3-4,9-14H2. The lowest BCUT2D eigenvalue weighted by Crippen LogP contribution is -2.46. The molecule has 2 aliphatic heterocycles. The van der Waals surface area contributed by atoms with Crippen molar-refractivity contribution in [3.63, 3.8) is 0 Å². The number of phenols is 1. The second-order valence-electron chi connectivity index (χ2n) is 6.93. The minimum absolute atomic E-state index is 0.265. The molecule has 0 bridgehead atoms. The highest BCUT2D eigenvalue weighted by atomic mass is 32.2. The Kier molecular flexibility index (Phi) is 4.92. The lowest BCUT2D eigenvalue weighted by Gasteiger charge is -2.37. The molecule has 144 valence electrons. The van der Waals surface area contributed by atoms with Crippen LogP contribution in [0.25, 0.3) is 0 Å². The van der Waals surface area contributed by atoms with Gasteiger partial charge in [0.2, 0.25) is 10.0 Å². The number of nitrogens with zero attached hydrogens (tertiary/aromatic N) is 4. The molecule has 0 spiro atoms. The molecule has 0 unspecified atom stereocenters. The van der Waals surface area contributed by atoms with E-state index < -0.39 is 10.0 Å². The number of hydrogen-bond acceptors (Lipinski definition) is 6. The van der Waals surface area contributed by atoms with E-state index in [9.17, 15) is 13.5 Å². The Morgan fingerprint density at radius 1 is 0.852 bits per heavy atom. The molecule has 1 aromatic carbocycles. The molecular formula is C19H24N4O3S. The molecule has 0 radical (unpaired) electrons. The van der Waals surface area contributed by atoms with Crippen molar-refractivity contribution in [2.24, 2.45) is 0 Å². The highest BCUT2D eigenvalue weighted by Gasteiger charge is 2.28. The maximum Gasteiger partial charge on any atom is 0.244 e. The average molecular weight is 388 g/mol. The molecule has 1 aromatic heterocycles. The molecule has 8 heteroatoms. The zero-order valence-corrected chi connectivity index (χ0v) is 16.0. The highest BCUT2D eigenvalue weighted by Crippen LogP contribution is 2.28. The van der Waals surface area contributed by atoms with Crippen LogP contribution in [0.3, 0.4) is 0 Å². The summed E-state index contributed by atoms with van der Waals surface area (Å²) in [6.45, 7) is 4.26. The molecule has 7 nitrogen and oxygen atoms in total. The molecule has 0 saturated carbocycles. The number of rotatable bonds is 4. The predicted octanol–water partition coefficient (Wildman–Crippen LogP) is 1.90. The largest absolute Gasteiger partial charge is 0.506 e. The maximum atomic E-state index is 12.6. The van der Waals surface area contributed by atoms with Crippen molar-refractivity contribution in [3.8, 4) is 5.75 Å². The summed E-state index contributed by atoms with van der Waals surface area (Å²) in [5, 5.41) is 10.0. The van der Waals surface area contributed by atoms with Crippen molar-refractivity contribution < 1.29 is 13.5 Å². The molecule has 1 N–H and O–H groups in total. The van der Waals surface area contributed by atoms with Gasteiger partial charge in [0.1, 0.15) is 16.5 Å². The first-order chi connectivity index (χ1) is 13.1. The highest BCUT2D eigenvalue weighted by molar-refractivity contribution is 7.89. The number of para-hydroxylation sites is 2. The van der Waals surface area contributed by atoms with E-state index in [1.54, 1.807) is 18.2 Å². The van der Waals surface area contributed by atoms with Gasteiger partial charge in [0.15, 0.2) is 0 Å². The second kappa shape index (κ2) is 7.36. The topological polar surface area (TPSA) is 77.0 Å². The van der Waals surface area contributed by atoms with Crippen LogP contribution < -0.4 is 9.80 Å². The number of benzene rings is 1. The summed E-state index contributed by atoms with van der Waals surface area (Å²) < 4.78 is 26.7. The fourth-order valence-corrected chi connectivity index (χ4v) is 5.16. The smallest absolute Gasteiger partial charge is 0.244 e. The maximum absolute atomic E-state index is 12.6. The number of anilines is 2. The van der Waals surface area contributed by atoms with Crippen LogP contribution in [0.15, 0.2) is 47.5 Å². The normalized spacial score (nSPS) is 18.8. The Morgan fingerprint density at radius 2 is 1.52 bits per heavy atom. The van der Waals surface area contributed by atoms with Gasteiger partial charge >= 0.3 is 0 Å². The van der Waals surface area contributed by atoms with Crippen LogP contribution >= 0.6 is 0 Å². The Balaban J connectivity index is 1.43. The summed E-state index contributed by atoms with van der Waals surface area (Å²) in [4.78, 5) is 8.96. The fraction of sp³-hybridized carbons (Fsp3) is 0.421. The molecule has 2 fully saturated rings. The summed E-state index contributed by atoms with van der Waals surface area (Å²) in [6, 6.07) is 10.8. The van der Waals surface area contributed by atoms with Gasteiger partial charge in [0.25, 0.3) is 0 Å². The lowest BCUT2D eigenvalue weighted by molar-refractivity contribution is 0.472. The van der Waals surface area contributed by atoms with Gasteiger partial charge in [-0.15, -0.1) is 0 Å². The van der Waals surface area contributed by atoms with Gasteiger partial charge in [0.05, 0.1) is 5.69 Å². The first kappa shape index (κ1) is 18.1. The molecule has 0 atom stereocenters. The third-order valence-corrected chi connectivity index (χ3v) is 7.13. The third-order valence-electron chi connectivity index (χ3n) is 5.25. The molecule has 2 saturated heterocycles. The van der Waals surface area contributed by atoms with E-state index in [1.807, 2.05) is 18.2 Å². The van der Waals surface area contributed by atoms with Crippen molar-refractivity contribution in [1.29, 1.82) is 0 Å². The van der Waals surface area contributed by atoms with Gasteiger partial charge in [-0.05, 0) is 37.1 Å². The molecule has 0 amide bonds. The number of phenolic OH excluding ortho intramolecular Hbond substituents is 1. The second-order valence-corrected chi connectivity index (χ2v) is 8.86. The van der Waals surface area contributed by atoms with Gasteiger partial charge in [0, 0.05) is 45.5 Å². The van der Waals surface area contributed by atoms with Crippen LogP contribution in [0.4, 0.5) is 11.5 Å². The number of sulfonamides is 1. The van der Waals surface area contributed by atoms with Crippen LogP contribution in [0.2, 0.25) is 0 Å². The summed E-state index contributed by atoms with van der Waals surface area (Å²) in [5.41, 5.74) is 0.845. The Labute approximate surface area is 159 Å². The van der Waals surface area contributed by atoms with Crippen LogP contribution in [-0.2, 0) is 10.0 Å². The zero-order chi connectivity index (χ0) is 18.9. The van der Waals surface area contributed by atoms with Gasteiger partial charge in [-0.1, -0.05) is 12.1 Å². The number of piperazine rings is 1. The van der Waals surface area contributed by atoms with E-state index in [1.165, 1.54) is 10.5 Å². The zero-order valence-electron chi connectivity index (χ0n) is 15.2. The third kappa shape index (κ3) is 3.59.